The highest BCUT2D eigenvalue weighted by molar-refractivity contribution is 6.29. The summed E-state index contributed by atoms with van der Waals surface area (Å²) < 4.78 is 0. The van der Waals surface area contributed by atoms with Gasteiger partial charge >= 0.3 is 0 Å². The van der Waals surface area contributed by atoms with Gasteiger partial charge in [0.2, 0.25) is 5.78 Å². The Hall–Kier alpha value is -3.08. The fourth-order valence-corrected chi connectivity index (χ4v) is 3.80. The predicted molar refractivity (Wildman–Crippen MR) is 107 cm³/mol. The summed E-state index contributed by atoms with van der Waals surface area (Å²) >= 11 is 0. The van der Waals surface area contributed by atoms with Gasteiger partial charge in [-0.15, -0.1) is 0 Å². The summed E-state index contributed by atoms with van der Waals surface area (Å²) in [4.78, 5) is 50.6. The number of anilines is 1. The van der Waals surface area contributed by atoms with Crippen molar-refractivity contribution in [3.8, 4) is 0 Å². The average Bonchev–Trinajstić information content (AvgIpc) is 3.05. The number of rotatable bonds is 6. The highest BCUT2D eigenvalue weighted by atomic mass is 16.2. The molecule has 0 saturated heterocycles. The van der Waals surface area contributed by atoms with Crippen LogP contribution in [-0.2, 0) is 16.1 Å². The number of carbonyl (C=O) groups excluding carboxylic acids is 4. The van der Waals surface area contributed by atoms with Crippen molar-refractivity contribution in [1.82, 2.24) is 0 Å². The summed E-state index contributed by atoms with van der Waals surface area (Å²) in [5, 5.41) is 0. The lowest BCUT2D eigenvalue weighted by atomic mass is 9.91. The molecule has 3 rings (SSSR count). The van der Waals surface area contributed by atoms with E-state index in [9.17, 15) is 19.2 Å². The predicted octanol–water partition coefficient (Wildman–Crippen LogP) is 4.04. The average molecular weight is 377 g/mol. The number of nitrogens with zero attached hydrogens (tertiary/aromatic N) is 1. The van der Waals surface area contributed by atoms with E-state index >= 15 is 0 Å². The molecule has 28 heavy (non-hydrogen) atoms. The Bertz CT molecular complexity index is 955. The molecule has 5 nitrogen and oxygen atoms in total. The van der Waals surface area contributed by atoms with Gasteiger partial charge in [-0.1, -0.05) is 38.1 Å². The third kappa shape index (κ3) is 3.28. The van der Waals surface area contributed by atoms with Gasteiger partial charge in [-0.3, -0.25) is 19.2 Å². The van der Waals surface area contributed by atoms with Gasteiger partial charge in [-0.05, 0) is 48.6 Å². The van der Waals surface area contributed by atoms with Gasteiger partial charge in [0.05, 0.1) is 5.69 Å². The maximum atomic E-state index is 12.5. The number of ketones is 3. The molecule has 0 fully saturated rings. The standard InChI is InChI=1S/C23H23NO4/c1-13(2)17-9-19(14(3)26)22(20(10-17)15(4)27)24-11-16-7-5-6-8-18(16)23(24)21(28)12-25/h5-10,12-13,23H,11H2,1-4H3. The molecule has 5 heteroatoms. The molecule has 0 radical (unpaired) electrons. The molecule has 1 atom stereocenters. The molecule has 2 aromatic rings. The van der Waals surface area contributed by atoms with Crippen LogP contribution in [0.4, 0.5) is 5.69 Å². The van der Waals surface area contributed by atoms with E-state index in [1.807, 2.05) is 38.1 Å². The minimum absolute atomic E-state index is 0.133. The molecule has 1 aliphatic heterocycles. The zero-order chi connectivity index (χ0) is 20.6. The number of hydrogen-bond acceptors (Lipinski definition) is 5. The summed E-state index contributed by atoms with van der Waals surface area (Å²) in [6, 6.07) is 10.1. The highest BCUT2D eigenvalue weighted by Gasteiger charge is 2.38. The molecule has 2 aromatic carbocycles. The van der Waals surface area contributed by atoms with E-state index in [0.717, 1.165) is 16.7 Å². The molecule has 0 bridgehead atoms. The van der Waals surface area contributed by atoms with Crippen molar-refractivity contribution < 1.29 is 19.2 Å². The fourth-order valence-electron chi connectivity index (χ4n) is 3.80. The molecule has 0 aromatic heterocycles. The van der Waals surface area contributed by atoms with Crippen LogP contribution in [0, 0.1) is 0 Å². The van der Waals surface area contributed by atoms with Gasteiger partial charge in [0.15, 0.2) is 17.9 Å². The third-order valence-electron chi connectivity index (χ3n) is 5.23. The first-order valence-corrected chi connectivity index (χ1v) is 9.29. The Morgan fingerprint density at radius 1 is 1.04 bits per heavy atom. The Morgan fingerprint density at radius 3 is 2.11 bits per heavy atom. The van der Waals surface area contributed by atoms with Gasteiger partial charge in [0.25, 0.3) is 0 Å². The van der Waals surface area contributed by atoms with Crippen LogP contribution in [0.2, 0.25) is 0 Å². The maximum Gasteiger partial charge on any atom is 0.222 e. The molecular weight excluding hydrogens is 354 g/mol. The highest BCUT2D eigenvalue weighted by Crippen LogP contribution is 2.42. The van der Waals surface area contributed by atoms with Crippen LogP contribution in [0.25, 0.3) is 0 Å². The van der Waals surface area contributed by atoms with Gasteiger partial charge in [-0.2, -0.15) is 0 Å². The lowest BCUT2D eigenvalue weighted by molar-refractivity contribution is -0.130. The van der Waals surface area contributed by atoms with Crippen LogP contribution in [0.15, 0.2) is 36.4 Å². The normalized spacial score (nSPS) is 15.5. The van der Waals surface area contributed by atoms with Crippen molar-refractivity contribution in [1.29, 1.82) is 0 Å². The zero-order valence-electron chi connectivity index (χ0n) is 16.5. The first kappa shape index (κ1) is 19.7. The number of benzene rings is 2. The Balaban J connectivity index is 2.30. The summed E-state index contributed by atoms with van der Waals surface area (Å²) in [6.07, 6.45) is 0.309. The second-order valence-electron chi connectivity index (χ2n) is 7.48. The van der Waals surface area contributed by atoms with Gasteiger partial charge in [-0.25, -0.2) is 0 Å². The largest absolute Gasteiger partial charge is 0.351 e. The van der Waals surface area contributed by atoms with Gasteiger partial charge in [0, 0.05) is 17.7 Å². The maximum absolute atomic E-state index is 12.5. The molecule has 1 heterocycles. The smallest absolute Gasteiger partial charge is 0.222 e. The van der Waals surface area contributed by atoms with E-state index in [-0.39, 0.29) is 17.5 Å². The molecule has 0 amide bonds. The minimum Gasteiger partial charge on any atom is -0.351 e. The van der Waals surface area contributed by atoms with Crippen molar-refractivity contribution in [2.24, 2.45) is 0 Å². The van der Waals surface area contributed by atoms with Crippen LogP contribution in [-0.4, -0.2) is 23.6 Å². The van der Waals surface area contributed by atoms with Crippen molar-refractivity contribution in [2.45, 2.75) is 46.2 Å². The number of hydrogen-bond donors (Lipinski definition) is 0. The third-order valence-corrected chi connectivity index (χ3v) is 5.23. The summed E-state index contributed by atoms with van der Waals surface area (Å²) in [5.41, 5.74) is 3.74. The van der Waals surface area contributed by atoms with Crippen LogP contribution < -0.4 is 4.90 Å². The van der Waals surface area contributed by atoms with Crippen molar-refractivity contribution in [3.63, 3.8) is 0 Å². The summed E-state index contributed by atoms with van der Waals surface area (Å²) in [5.74, 6) is -0.836. The van der Waals surface area contributed by atoms with E-state index in [0.29, 0.717) is 29.6 Å². The van der Waals surface area contributed by atoms with Crippen molar-refractivity contribution in [3.05, 3.63) is 64.2 Å². The lowest BCUT2D eigenvalue weighted by Gasteiger charge is -2.29. The molecule has 1 aliphatic rings. The Morgan fingerprint density at radius 2 is 1.61 bits per heavy atom. The van der Waals surface area contributed by atoms with Crippen LogP contribution >= 0.6 is 0 Å². The quantitative estimate of drug-likeness (QED) is 0.431. The Labute approximate surface area is 164 Å². The van der Waals surface area contributed by atoms with Crippen molar-refractivity contribution in [2.75, 3.05) is 4.90 Å². The second-order valence-corrected chi connectivity index (χ2v) is 7.48. The van der Waals surface area contributed by atoms with Crippen LogP contribution in [0.3, 0.4) is 0 Å². The van der Waals surface area contributed by atoms with Crippen LogP contribution in [0.1, 0.15) is 77.1 Å². The van der Waals surface area contributed by atoms with E-state index in [1.54, 1.807) is 17.0 Å². The van der Waals surface area contributed by atoms with E-state index in [1.165, 1.54) is 13.8 Å². The fraction of sp³-hybridized carbons (Fsp3) is 0.304. The van der Waals surface area contributed by atoms with E-state index in [2.05, 4.69) is 0 Å². The topological polar surface area (TPSA) is 71.5 Å². The first-order valence-electron chi connectivity index (χ1n) is 9.29. The molecule has 1 unspecified atom stereocenters. The van der Waals surface area contributed by atoms with E-state index in [4.69, 9.17) is 0 Å². The molecule has 0 saturated carbocycles. The molecule has 0 N–H and O–H groups in total. The number of fused-ring (bicyclic) bond motifs is 1. The van der Waals surface area contributed by atoms with Crippen LogP contribution in [0.5, 0.6) is 0 Å². The second kappa shape index (κ2) is 7.50. The first-order chi connectivity index (χ1) is 13.3. The minimum atomic E-state index is -0.838. The summed E-state index contributed by atoms with van der Waals surface area (Å²) in [6.45, 7) is 7.24. The lowest BCUT2D eigenvalue weighted by Crippen LogP contribution is -2.31. The monoisotopic (exact) mass is 377 g/mol. The van der Waals surface area contributed by atoms with E-state index < -0.39 is 11.8 Å². The summed E-state index contributed by atoms with van der Waals surface area (Å²) in [7, 11) is 0. The molecule has 144 valence electrons. The Kier molecular flexibility index (Phi) is 5.27. The van der Waals surface area contributed by atoms with Gasteiger partial charge in [0.1, 0.15) is 6.04 Å². The zero-order valence-corrected chi connectivity index (χ0v) is 16.5. The van der Waals surface area contributed by atoms with Crippen molar-refractivity contribution >= 4 is 29.3 Å². The SMILES string of the molecule is CC(=O)c1cc(C(C)C)cc(C(C)=O)c1N1Cc2ccccc2C1C(=O)C=O. The molecule has 0 spiro atoms. The molecule has 0 aliphatic carbocycles. The number of Topliss-reactive ketones (excluding diaryl/α,β-unsaturated/α-hetero) is 3. The van der Waals surface area contributed by atoms with Gasteiger partial charge < -0.3 is 4.90 Å². The molecular formula is C23H23NO4. The number of carbonyl (C=O) groups is 4. The number of aldehydes is 1.